The summed E-state index contributed by atoms with van der Waals surface area (Å²) < 4.78 is 5.37. The van der Waals surface area contributed by atoms with Gasteiger partial charge in [-0.15, -0.1) is 0 Å². The fourth-order valence-electron chi connectivity index (χ4n) is 4.50. The second kappa shape index (κ2) is 10.1. The number of thioether (sulfide) groups is 1. The molecule has 2 aromatic rings. The van der Waals surface area contributed by atoms with Crippen molar-refractivity contribution in [2.24, 2.45) is 0 Å². The number of nitrogens with two attached hydrogens (primary N) is 1. The average molecular weight is 487 g/mol. The highest BCUT2D eigenvalue weighted by Crippen LogP contribution is 2.48. The van der Waals surface area contributed by atoms with E-state index in [1.165, 1.54) is 30.2 Å². The Hall–Kier alpha value is -2.92. The minimum atomic E-state index is -1.01. The first-order chi connectivity index (χ1) is 16.4. The van der Waals surface area contributed by atoms with Gasteiger partial charge in [-0.1, -0.05) is 36.0 Å². The molecular weight excluding hydrogens is 456 g/mol. The maximum absolute atomic E-state index is 13.0. The molecule has 1 saturated heterocycles. The zero-order valence-electron chi connectivity index (χ0n) is 19.5. The van der Waals surface area contributed by atoms with E-state index in [1.54, 1.807) is 18.1 Å². The number of rotatable bonds is 10. The van der Waals surface area contributed by atoms with Crippen LogP contribution in [0.15, 0.2) is 29.4 Å². The number of benzene rings is 1. The van der Waals surface area contributed by atoms with E-state index >= 15 is 0 Å². The van der Waals surface area contributed by atoms with Gasteiger partial charge in [-0.25, -0.2) is 4.79 Å². The number of likely N-dealkylation sites (tertiary alicyclic amines) is 1. The standard InChI is InChI=1S/C23H30N6O4S/c1-3-33-21(30)23(9-10-23)28(20-18(29(31)32)19(24)25-22(26-20)34-2)15-17-8-6-7-16(13-17)14-27-11-4-5-12-27/h6-8,13H,3-5,9-12,14-15H2,1-2H3,(H2,24,25,26). The predicted octanol–water partition coefficient (Wildman–Crippen LogP) is 3.39. The van der Waals surface area contributed by atoms with Crippen LogP contribution in [0.5, 0.6) is 0 Å². The van der Waals surface area contributed by atoms with Crippen molar-refractivity contribution in [3.05, 3.63) is 45.5 Å². The summed E-state index contributed by atoms with van der Waals surface area (Å²) in [5.74, 6) is -0.565. The van der Waals surface area contributed by atoms with Crippen LogP contribution < -0.4 is 10.6 Å². The highest BCUT2D eigenvalue weighted by molar-refractivity contribution is 7.98. The molecule has 1 aliphatic carbocycles. The number of nitrogens with zero attached hydrogens (tertiary/aromatic N) is 5. The van der Waals surface area contributed by atoms with E-state index in [9.17, 15) is 14.9 Å². The van der Waals surface area contributed by atoms with Gasteiger partial charge < -0.3 is 15.4 Å². The van der Waals surface area contributed by atoms with Crippen molar-refractivity contribution in [1.29, 1.82) is 0 Å². The summed E-state index contributed by atoms with van der Waals surface area (Å²) in [6, 6.07) is 8.13. The normalized spacial score (nSPS) is 16.9. The number of nitrogen functional groups attached to an aromatic ring is 1. The largest absolute Gasteiger partial charge is 0.464 e. The molecular formula is C23H30N6O4S. The van der Waals surface area contributed by atoms with Crippen LogP contribution in [0, 0.1) is 10.1 Å². The van der Waals surface area contributed by atoms with Gasteiger partial charge >= 0.3 is 11.7 Å². The van der Waals surface area contributed by atoms with Crippen LogP contribution >= 0.6 is 11.8 Å². The lowest BCUT2D eigenvalue weighted by Gasteiger charge is -2.31. The molecule has 182 valence electrons. The number of carbonyl (C=O) groups excluding carboxylic acids is 1. The Balaban J connectivity index is 1.75. The topological polar surface area (TPSA) is 128 Å². The predicted molar refractivity (Wildman–Crippen MR) is 131 cm³/mol. The molecule has 0 unspecified atom stereocenters. The molecule has 10 nitrogen and oxygen atoms in total. The molecule has 0 amide bonds. The third-order valence-electron chi connectivity index (χ3n) is 6.33. The fourth-order valence-corrected chi connectivity index (χ4v) is 4.87. The van der Waals surface area contributed by atoms with E-state index in [-0.39, 0.29) is 30.5 Å². The number of esters is 1. The second-order valence-corrected chi connectivity index (χ2v) is 9.44. The number of nitro groups is 1. The molecule has 11 heteroatoms. The Bertz CT molecular complexity index is 1070. The third-order valence-corrected chi connectivity index (χ3v) is 6.87. The molecule has 0 bridgehead atoms. The molecule has 1 aromatic heterocycles. The van der Waals surface area contributed by atoms with Crippen molar-refractivity contribution in [3.8, 4) is 0 Å². The van der Waals surface area contributed by atoms with Gasteiger partial charge in [-0.3, -0.25) is 15.0 Å². The van der Waals surface area contributed by atoms with E-state index in [2.05, 4.69) is 27.0 Å². The molecule has 2 fully saturated rings. The summed E-state index contributed by atoms with van der Waals surface area (Å²) in [7, 11) is 0. The highest BCUT2D eigenvalue weighted by Gasteiger charge is 2.58. The van der Waals surface area contributed by atoms with E-state index in [0.717, 1.165) is 25.2 Å². The minimum absolute atomic E-state index is 0.0531. The second-order valence-electron chi connectivity index (χ2n) is 8.67. The summed E-state index contributed by atoms with van der Waals surface area (Å²) in [5, 5.41) is 12.3. The summed E-state index contributed by atoms with van der Waals surface area (Å²) in [5.41, 5.74) is 6.69. The van der Waals surface area contributed by atoms with E-state index in [1.807, 2.05) is 12.1 Å². The lowest BCUT2D eigenvalue weighted by Crippen LogP contribution is -2.45. The Morgan fingerprint density at radius 3 is 2.62 bits per heavy atom. The molecule has 0 atom stereocenters. The third kappa shape index (κ3) is 4.95. The maximum Gasteiger partial charge on any atom is 0.353 e. The number of anilines is 2. The quantitative estimate of drug-likeness (QED) is 0.175. The van der Waals surface area contributed by atoms with Crippen LogP contribution in [0.3, 0.4) is 0 Å². The Kier molecular flexibility index (Phi) is 7.22. The lowest BCUT2D eigenvalue weighted by molar-refractivity contribution is -0.383. The molecule has 0 radical (unpaired) electrons. The molecule has 1 aromatic carbocycles. The van der Waals surface area contributed by atoms with Gasteiger partial charge in [-0.05, 0) is 63.1 Å². The minimum Gasteiger partial charge on any atom is -0.464 e. The Morgan fingerprint density at radius 1 is 1.29 bits per heavy atom. The molecule has 1 aliphatic heterocycles. The summed E-state index contributed by atoms with van der Waals surface area (Å²) >= 11 is 1.24. The van der Waals surface area contributed by atoms with E-state index in [0.29, 0.717) is 18.0 Å². The van der Waals surface area contributed by atoms with Gasteiger partial charge in [-0.2, -0.15) is 9.97 Å². The number of aromatic nitrogens is 2. The van der Waals surface area contributed by atoms with Gasteiger partial charge in [0, 0.05) is 13.1 Å². The van der Waals surface area contributed by atoms with Crippen LogP contribution in [0.1, 0.15) is 43.7 Å². The number of hydrogen-bond donors (Lipinski definition) is 1. The van der Waals surface area contributed by atoms with Crippen molar-refractivity contribution >= 4 is 35.1 Å². The van der Waals surface area contributed by atoms with Crippen molar-refractivity contribution < 1.29 is 14.5 Å². The first kappa shape index (κ1) is 24.2. The van der Waals surface area contributed by atoms with Crippen molar-refractivity contribution in [2.45, 2.75) is 56.4 Å². The monoisotopic (exact) mass is 486 g/mol. The van der Waals surface area contributed by atoms with Crippen LogP contribution in [0.4, 0.5) is 17.3 Å². The highest BCUT2D eigenvalue weighted by atomic mass is 32.2. The lowest BCUT2D eigenvalue weighted by atomic mass is 10.1. The smallest absolute Gasteiger partial charge is 0.353 e. The molecule has 1 saturated carbocycles. The molecule has 2 N–H and O–H groups in total. The van der Waals surface area contributed by atoms with Gasteiger partial charge in [0.15, 0.2) is 5.16 Å². The molecule has 2 aliphatic rings. The number of carbonyl (C=O) groups is 1. The summed E-state index contributed by atoms with van der Waals surface area (Å²) in [4.78, 5) is 37.1. The zero-order chi connectivity index (χ0) is 24.3. The molecule has 34 heavy (non-hydrogen) atoms. The van der Waals surface area contributed by atoms with Gasteiger partial charge in [0.2, 0.25) is 11.6 Å². The van der Waals surface area contributed by atoms with Crippen molar-refractivity contribution in [2.75, 3.05) is 36.6 Å². The molecule has 0 spiro atoms. The van der Waals surface area contributed by atoms with Gasteiger partial charge in [0.1, 0.15) is 5.54 Å². The fraction of sp³-hybridized carbons (Fsp3) is 0.522. The van der Waals surface area contributed by atoms with Crippen LogP contribution in [0.25, 0.3) is 0 Å². The number of hydrogen-bond acceptors (Lipinski definition) is 10. The van der Waals surface area contributed by atoms with Crippen molar-refractivity contribution in [1.82, 2.24) is 14.9 Å². The Labute approximate surface area is 203 Å². The van der Waals surface area contributed by atoms with Crippen LogP contribution in [0.2, 0.25) is 0 Å². The molecule has 4 rings (SSSR count). The first-order valence-corrected chi connectivity index (χ1v) is 12.7. The van der Waals surface area contributed by atoms with Crippen molar-refractivity contribution in [3.63, 3.8) is 0 Å². The summed E-state index contributed by atoms with van der Waals surface area (Å²) in [6.07, 6.45) is 5.25. The molecule has 2 heterocycles. The maximum atomic E-state index is 13.0. The zero-order valence-corrected chi connectivity index (χ0v) is 20.3. The number of ether oxygens (including phenoxy) is 1. The first-order valence-electron chi connectivity index (χ1n) is 11.5. The van der Waals surface area contributed by atoms with Gasteiger partial charge in [0.25, 0.3) is 0 Å². The Morgan fingerprint density at radius 2 is 2.00 bits per heavy atom. The average Bonchev–Trinajstić information content (AvgIpc) is 3.46. The van der Waals surface area contributed by atoms with E-state index in [4.69, 9.17) is 10.5 Å². The van der Waals surface area contributed by atoms with Crippen LogP contribution in [-0.2, 0) is 22.6 Å². The SMILES string of the molecule is CCOC(=O)C1(N(Cc2cccc(CN3CCCC3)c2)c2nc(SC)nc(N)c2[N+](=O)[O-])CC1. The van der Waals surface area contributed by atoms with Gasteiger partial charge in [0.05, 0.1) is 11.5 Å². The van der Waals surface area contributed by atoms with Crippen LogP contribution in [-0.4, -0.2) is 57.3 Å². The summed E-state index contributed by atoms with van der Waals surface area (Å²) in [6.45, 7) is 5.27. The van der Waals surface area contributed by atoms with E-state index < -0.39 is 16.4 Å².